The summed E-state index contributed by atoms with van der Waals surface area (Å²) >= 11 is 0. The average Bonchev–Trinajstić information content (AvgIpc) is 3.17. The van der Waals surface area contributed by atoms with E-state index in [2.05, 4.69) is 65.5 Å². The summed E-state index contributed by atoms with van der Waals surface area (Å²) in [5.41, 5.74) is 13.0. The van der Waals surface area contributed by atoms with E-state index in [-0.39, 0.29) is 12.4 Å². The number of aromatic nitrogens is 1. The predicted octanol–water partition coefficient (Wildman–Crippen LogP) is 7.02. The highest BCUT2D eigenvalue weighted by atomic mass is 35.5. The number of halogens is 1. The number of hydrogen-bond donors (Lipinski definition) is 2. The number of hydrogen-bond acceptors (Lipinski definition) is 2. The number of fused-ring (bicyclic) bond motifs is 1. The summed E-state index contributed by atoms with van der Waals surface area (Å²) < 4.78 is 2.57. The fourth-order valence-electron chi connectivity index (χ4n) is 6.11. The first kappa shape index (κ1) is 25.3. The Morgan fingerprint density at radius 1 is 0.912 bits per heavy atom. The Bertz CT molecular complexity index is 1060. The molecule has 0 unspecified atom stereocenters. The van der Waals surface area contributed by atoms with Crippen LogP contribution < -0.4 is 11.1 Å². The summed E-state index contributed by atoms with van der Waals surface area (Å²) in [7, 11) is 0. The molecular formula is C30H42ClN3. The number of nitrogens with one attached hydrogen (secondary N) is 1. The van der Waals surface area contributed by atoms with Crippen molar-refractivity contribution in [1.29, 1.82) is 0 Å². The topological polar surface area (TPSA) is 43.0 Å². The molecule has 2 aromatic carbocycles. The van der Waals surface area contributed by atoms with Gasteiger partial charge in [0.05, 0.1) is 0 Å². The lowest BCUT2D eigenvalue weighted by molar-refractivity contribution is 0.322. The quantitative estimate of drug-likeness (QED) is 0.382. The molecule has 2 fully saturated rings. The van der Waals surface area contributed by atoms with Crippen LogP contribution in [-0.2, 0) is 13.0 Å². The van der Waals surface area contributed by atoms with E-state index in [1.54, 1.807) is 0 Å². The Kier molecular flexibility index (Phi) is 8.74. The summed E-state index contributed by atoms with van der Waals surface area (Å²) in [6.45, 7) is 4.41. The van der Waals surface area contributed by atoms with Crippen molar-refractivity contribution >= 4 is 23.3 Å². The maximum Gasteiger partial charge on any atom is 0.0483 e. The van der Waals surface area contributed by atoms with Crippen molar-refractivity contribution in [3.63, 3.8) is 0 Å². The second kappa shape index (κ2) is 11.7. The zero-order chi connectivity index (χ0) is 22.6. The highest BCUT2D eigenvalue weighted by Gasteiger charge is 2.19. The van der Waals surface area contributed by atoms with Crippen molar-refractivity contribution in [3.8, 4) is 11.1 Å². The van der Waals surface area contributed by atoms with Gasteiger partial charge >= 0.3 is 0 Å². The van der Waals surface area contributed by atoms with Crippen LogP contribution in [0.3, 0.4) is 0 Å². The summed E-state index contributed by atoms with van der Waals surface area (Å²) in [5, 5.41) is 5.28. The standard InChI is InChI=1S/C30H41N3.ClH/c1-22-6-5-9-24(18-22)25-10-15-30-29(19-25)26(16-17-32-28-13-11-27(31)12-14-28)21-33(30)20-23-7-3-2-4-8-23;/h5-6,9-10,15,18-19,21,23,27-28,32H,2-4,7-8,11-14,16-17,20,31H2,1H3;1H. The summed E-state index contributed by atoms with van der Waals surface area (Å²) in [6.07, 6.45) is 15.4. The number of benzene rings is 2. The zero-order valence-electron chi connectivity index (χ0n) is 20.8. The summed E-state index contributed by atoms with van der Waals surface area (Å²) in [6, 6.07) is 17.1. The van der Waals surface area contributed by atoms with Crippen molar-refractivity contribution in [3.05, 3.63) is 59.8 Å². The molecule has 2 aliphatic rings. The van der Waals surface area contributed by atoms with Crippen LogP contribution in [0.2, 0.25) is 0 Å². The van der Waals surface area contributed by atoms with Crippen LogP contribution in [-0.4, -0.2) is 23.2 Å². The van der Waals surface area contributed by atoms with Gasteiger partial charge in [-0.15, -0.1) is 12.4 Å². The molecule has 3 N–H and O–H groups in total. The lowest BCUT2D eigenvalue weighted by atomic mass is 9.89. The Labute approximate surface area is 211 Å². The molecular weight excluding hydrogens is 438 g/mol. The van der Waals surface area contributed by atoms with Gasteiger partial charge in [-0.2, -0.15) is 0 Å². The number of rotatable bonds is 7. The van der Waals surface area contributed by atoms with Gasteiger partial charge in [0.25, 0.3) is 0 Å². The zero-order valence-corrected chi connectivity index (χ0v) is 21.6. The van der Waals surface area contributed by atoms with Gasteiger partial charge in [0, 0.05) is 35.7 Å². The van der Waals surface area contributed by atoms with Crippen molar-refractivity contribution in [2.75, 3.05) is 6.54 Å². The molecule has 0 saturated heterocycles. The van der Waals surface area contributed by atoms with Crippen molar-refractivity contribution in [1.82, 2.24) is 9.88 Å². The smallest absolute Gasteiger partial charge is 0.0483 e. The number of nitrogens with two attached hydrogens (primary N) is 1. The Morgan fingerprint density at radius 3 is 2.44 bits per heavy atom. The minimum atomic E-state index is 0. The van der Waals surface area contributed by atoms with Crippen LogP contribution >= 0.6 is 12.4 Å². The molecule has 0 atom stereocenters. The molecule has 5 rings (SSSR count). The summed E-state index contributed by atoms with van der Waals surface area (Å²) in [4.78, 5) is 0. The highest BCUT2D eigenvalue weighted by Crippen LogP contribution is 2.32. The number of aryl methyl sites for hydroxylation is 1. The lowest BCUT2D eigenvalue weighted by Crippen LogP contribution is -2.38. The van der Waals surface area contributed by atoms with Gasteiger partial charge in [0.1, 0.15) is 0 Å². The van der Waals surface area contributed by atoms with Crippen molar-refractivity contribution in [2.45, 2.75) is 89.8 Å². The van der Waals surface area contributed by atoms with Crippen LogP contribution in [0.15, 0.2) is 48.7 Å². The summed E-state index contributed by atoms with van der Waals surface area (Å²) in [5.74, 6) is 0.836. The number of nitrogens with zero attached hydrogens (tertiary/aromatic N) is 1. The minimum absolute atomic E-state index is 0. The Morgan fingerprint density at radius 2 is 1.68 bits per heavy atom. The van der Waals surface area contributed by atoms with Gasteiger partial charge in [0.2, 0.25) is 0 Å². The Balaban J connectivity index is 0.00000274. The predicted molar refractivity (Wildman–Crippen MR) is 148 cm³/mol. The van der Waals surface area contributed by atoms with E-state index in [9.17, 15) is 0 Å². The molecule has 1 heterocycles. The fraction of sp³-hybridized carbons (Fsp3) is 0.533. The molecule has 2 aliphatic carbocycles. The van der Waals surface area contributed by atoms with Gasteiger partial charge in [-0.1, -0.05) is 55.2 Å². The van der Waals surface area contributed by atoms with E-state index in [1.807, 2.05) is 0 Å². The van der Waals surface area contributed by atoms with E-state index in [0.29, 0.717) is 12.1 Å². The van der Waals surface area contributed by atoms with Gasteiger partial charge in [0.15, 0.2) is 0 Å². The van der Waals surface area contributed by atoms with E-state index in [4.69, 9.17) is 5.73 Å². The van der Waals surface area contributed by atoms with Crippen LogP contribution in [0.1, 0.15) is 68.9 Å². The molecule has 0 radical (unpaired) electrons. The maximum absolute atomic E-state index is 6.10. The molecule has 3 nitrogen and oxygen atoms in total. The van der Waals surface area contributed by atoms with E-state index in [1.165, 1.54) is 84.6 Å². The molecule has 34 heavy (non-hydrogen) atoms. The largest absolute Gasteiger partial charge is 0.347 e. The molecule has 1 aromatic heterocycles. The molecule has 2 saturated carbocycles. The second-order valence-corrected chi connectivity index (χ2v) is 10.7. The van der Waals surface area contributed by atoms with Crippen molar-refractivity contribution < 1.29 is 0 Å². The van der Waals surface area contributed by atoms with Crippen LogP contribution in [0.4, 0.5) is 0 Å². The normalized spacial score (nSPS) is 21.5. The monoisotopic (exact) mass is 479 g/mol. The molecule has 3 aromatic rings. The highest BCUT2D eigenvalue weighted by molar-refractivity contribution is 5.88. The average molecular weight is 480 g/mol. The maximum atomic E-state index is 6.10. The van der Waals surface area contributed by atoms with Gasteiger partial charge in [-0.25, -0.2) is 0 Å². The van der Waals surface area contributed by atoms with Gasteiger partial charge < -0.3 is 15.6 Å². The van der Waals surface area contributed by atoms with Crippen LogP contribution in [0, 0.1) is 12.8 Å². The first-order valence-electron chi connectivity index (χ1n) is 13.3. The van der Waals surface area contributed by atoms with Crippen LogP contribution in [0.25, 0.3) is 22.0 Å². The molecule has 4 heteroatoms. The van der Waals surface area contributed by atoms with Gasteiger partial charge in [-0.3, -0.25) is 0 Å². The third-order valence-corrected chi connectivity index (χ3v) is 8.09. The van der Waals surface area contributed by atoms with E-state index >= 15 is 0 Å². The Hall–Kier alpha value is -1.81. The molecule has 184 valence electrons. The molecule has 0 spiro atoms. The van der Waals surface area contributed by atoms with Gasteiger partial charge in [-0.05, 0) is 93.2 Å². The first-order valence-corrected chi connectivity index (χ1v) is 13.3. The SMILES string of the molecule is Cc1cccc(-c2ccc3c(c2)c(CCNC2CCC(N)CC2)cn3CC2CCCCC2)c1.Cl. The lowest BCUT2D eigenvalue weighted by Gasteiger charge is -2.26. The molecule has 0 amide bonds. The molecule has 0 bridgehead atoms. The minimum Gasteiger partial charge on any atom is -0.347 e. The van der Waals surface area contributed by atoms with Crippen LogP contribution in [0.5, 0.6) is 0 Å². The first-order chi connectivity index (χ1) is 16.2. The molecule has 0 aliphatic heterocycles. The van der Waals surface area contributed by atoms with Crippen molar-refractivity contribution in [2.24, 2.45) is 11.7 Å². The van der Waals surface area contributed by atoms with E-state index < -0.39 is 0 Å². The second-order valence-electron chi connectivity index (χ2n) is 10.7. The third kappa shape index (κ3) is 6.05. The van der Waals surface area contributed by atoms with E-state index in [0.717, 1.165) is 31.7 Å². The third-order valence-electron chi connectivity index (χ3n) is 8.09. The fourth-order valence-corrected chi connectivity index (χ4v) is 6.11.